The standard InChI is InChI=1S/C15H30O5/c1-3-4-5-6-7-8-17-9-10-18-11-12-19-13-14-20-15(2)16/h3-14H2,1-2H3. The van der Waals surface area contributed by atoms with E-state index in [2.05, 4.69) is 6.92 Å². The van der Waals surface area contributed by atoms with Crippen LogP contribution in [0.1, 0.15) is 46.0 Å². The lowest BCUT2D eigenvalue weighted by Crippen LogP contribution is -2.13. The van der Waals surface area contributed by atoms with E-state index in [1.165, 1.54) is 32.6 Å². The minimum atomic E-state index is -0.281. The Morgan fingerprint density at radius 2 is 1.20 bits per heavy atom. The Kier molecular flexibility index (Phi) is 15.9. The van der Waals surface area contributed by atoms with E-state index < -0.39 is 0 Å². The molecule has 0 radical (unpaired) electrons. The van der Waals surface area contributed by atoms with Gasteiger partial charge in [0.1, 0.15) is 6.61 Å². The van der Waals surface area contributed by atoms with Crippen molar-refractivity contribution in [1.82, 2.24) is 0 Å². The average molecular weight is 290 g/mol. The summed E-state index contributed by atoms with van der Waals surface area (Å²) in [6.45, 7) is 7.43. The Labute approximate surface area is 122 Å². The molecule has 0 aromatic rings. The molecule has 0 aromatic heterocycles. The number of esters is 1. The Balaban J connectivity index is 2.94. The van der Waals surface area contributed by atoms with Gasteiger partial charge in [0.2, 0.25) is 0 Å². The fourth-order valence-corrected chi connectivity index (χ4v) is 1.59. The van der Waals surface area contributed by atoms with E-state index >= 15 is 0 Å². The summed E-state index contributed by atoms with van der Waals surface area (Å²) >= 11 is 0. The van der Waals surface area contributed by atoms with Crippen LogP contribution in [-0.4, -0.2) is 52.2 Å². The predicted octanol–water partition coefficient (Wildman–Crippen LogP) is 2.57. The normalized spacial score (nSPS) is 10.7. The van der Waals surface area contributed by atoms with Crippen molar-refractivity contribution in [3.05, 3.63) is 0 Å². The number of hydrogen-bond acceptors (Lipinski definition) is 5. The SMILES string of the molecule is CCCCCCCOCCOCCOCCOC(C)=O. The van der Waals surface area contributed by atoms with Crippen molar-refractivity contribution >= 4 is 5.97 Å². The molecule has 20 heavy (non-hydrogen) atoms. The number of rotatable bonds is 15. The van der Waals surface area contributed by atoms with Gasteiger partial charge >= 0.3 is 5.97 Å². The summed E-state index contributed by atoms with van der Waals surface area (Å²) in [6, 6.07) is 0. The van der Waals surface area contributed by atoms with Crippen molar-refractivity contribution in [1.29, 1.82) is 0 Å². The van der Waals surface area contributed by atoms with Gasteiger partial charge in [-0.15, -0.1) is 0 Å². The van der Waals surface area contributed by atoms with Crippen molar-refractivity contribution < 1.29 is 23.7 Å². The highest BCUT2D eigenvalue weighted by Crippen LogP contribution is 2.02. The van der Waals surface area contributed by atoms with Gasteiger partial charge in [0.05, 0.1) is 33.0 Å². The maximum Gasteiger partial charge on any atom is 0.302 e. The summed E-state index contributed by atoms with van der Waals surface area (Å²) < 4.78 is 20.8. The molecule has 0 heterocycles. The lowest BCUT2D eigenvalue weighted by molar-refractivity contribution is -0.142. The van der Waals surface area contributed by atoms with Crippen LogP contribution >= 0.6 is 0 Å². The molecule has 0 aromatic carbocycles. The van der Waals surface area contributed by atoms with Crippen LogP contribution in [0.4, 0.5) is 0 Å². The van der Waals surface area contributed by atoms with Crippen molar-refractivity contribution in [2.24, 2.45) is 0 Å². The molecule has 0 bridgehead atoms. The van der Waals surface area contributed by atoms with Gasteiger partial charge in [-0.1, -0.05) is 32.6 Å². The molecular weight excluding hydrogens is 260 g/mol. The van der Waals surface area contributed by atoms with E-state index in [1.54, 1.807) is 0 Å². The van der Waals surface area contributed by atoms with E-state index in [1.807, 2.05) is 0 Å². The van der Waals surface area contributed by atoms with Crippen molar-refractivity contribution in [2.75, 3.05) is 46.2 Å². The fourth-order valence-electron chi connectivity index (χ4n) is 1.59. The fraction of sp³-hybridized carbons (Fsp3) is 0.933. The lowest BCUT2D eigenvalue weighted by atomic mass is 10.2. The molecule has 0 rings (SSSR count). The molecule has 0 aliphatic carbocycles. The van der Waals surface area contributed by atoms with Gasteiger partial charge in [0.25, 0.3) is 0 Å². The third-order valence-corrected chi connectivity index (χ3v) is 2.67. The first kappa shape index (κ1) is 19.4. The first-order valence-corrected chi connectivity index (χ1v) is 7.64. The minimum Gasteiger partial charge on any atom is -0.463 e. The zero-order valence-corrected chi connectivity index (χ0v) is 13.0. The third kappa shape index (κ3) is 17.4. The first-order chi connectivity index (χ1) is 9.77. The number of hydrogen-bond donors (Lipinski definition) is 0. The van der Waals surface area contributed by atoms with Gasteiger partial charge in [-0.25, -0.2) is 0 Å². The van der Waals surface area contributed by atoms with Gasteiger partial charge in [-0.05, 0) is 6.42 Å². The lowest BCUT2D eigenvalue weighted by Gasteiger charge is -2.07. The third-order valence-electron chi connectivity index (χ3n) is 2.67. The molecule has 0 saturated heterocycles. The molecule has 0 fully saturated rings. The van der Waals surface area contributed by atoms with Crippen molar-refractivity contribution in [3.63, 3.8) is 0 Å². The van der Waals surface area contributed by atoms with Crippen LogP contribution in [0.2, 0.25) is 0 Å². The van der Waals surface area contributed by atoms with E-state index in [4.69, 9.17) is 18.9 Å². The molecule has 5 heteroatoms. The maximum atomic E-state index is 10.5. The number of unbranched alkanes of at least 4 members (excludes halogenated alkanes) is 4. The zero-order chi connectivity index (χ0) is 14.9. The highest BCUT2D eigenvalue weighted by atomic mass is 16.6. The molecule has 0 atom stereocenters. The summed E-state index contributed by atoms with van der Waals surface area (Å²) in [5.74, 6) is -0.281. The molecule has 120 valence electrons. The summed E-state index contributed by atoms with van der Waals surface area (Å²) in [7, 11) is 0. The largest absolute Gasteiger partial charge is 0.463 e. The van der Waals surface area contributed by atoms with Gasteiger partial charge in [0, 0.05) is 13.5 Å². The Hall–Kier alpha value is -0.650. The van der Waals surface area contributed by atoms with Crippen molar-refractivity contribution in [2.45, 2.75) is 46.0 Å². The van der Waals surface area contributed by atoms with Gasteiger partial charge in [-0.2, -0.15) is 0 Å². The summed E-state index contributed by atoms with van der Waals surface area (Å²) in [5, 5.41) is 0. The zero-order valence-electron chi connectivity index (χ0n) is 13.0. The second-order valence-electron chi connectivity index (χ2n) is 4.59. The predicted molar refractivity (Wildman–Crippen MR) is 77.8 cm³/mol. The van der Waals surface area contributed by atoms with Gasteiger partial charge < -0.3 is 18.9 Å². The van der Waals surface area contributed by atoms with Crippen LogP contribution in [-0.2, 0) is 23.7 Å². The maximum absolute atomic E-state index is 10.5. The highest BCUT2D eigenvalue weighted by Gasteiger charge is 1.94. The van der Waals surface area contributed by atoms with E-state index in [-0.39, 0.29) is 5.97 Å². The number of carbonyl (C=O) groups is 1. The topological polar surface area (TPSA) is 54.0 Å². The van der Waals surface area contributed by atoms with Crippen LogP contribution < -0.4 is 0 Å². The molecular formula is C15H30O5. The van der Waals surface area contributed by atoms with Crippen LogP contribution in [0.3, 0.4) is 0 Å². The number of ether oxygens (including phenoxy) is 4. The molecule has 0 amide bonds. The summed E-state index contributed by atoms with van der Waals surface area (Å²) in [6.07, 6.45) is 6.30. The average Bonchev–Trinajstić information content (AvgIpc) is 2.43. The number of carbonyl (C=O) groups excluding carboxylic acids is 1. The van der Waals surface area contributed by atoms with Crippen LogP contribution in [0.25, 0.3) is 0 Å². The van der Waals surface area contributed by atoms with Crippen LogP contribution in [0, 0.1) is 0 Å². The van der Waals surface area contributed by atoms with E-state index in [0.717, 1.165) is 13.0 Å². The quantitative estimate of drug-likeness (QED) is 0.343. The van der Waals surface area contributed by atoms with Gasteiger partial charge in [-0.3, -0.25) is 4.79 Å². The van der Waals surface area contributed by atoms with Crippen LogP contribution in [0.15, 0.2) is 0 Å². The van der Waals surface area contributed by atoms with E-state index in [0.29, 0.717) is 39.6 Å². The molecule has 0 saturated carbocycles. The monoisotopic (exact) mass is 290 g/mol. The highest BCUT2D eigenvalue weighted by molar-refractivity contribution is 5.65. The second-order valence-corrected chi connectivity index (χ2v) is 4.59. The molecule has 0 spiro atoms. The van der Waals surface area contributed by atoms with Gasteiger partial charge in [0.15, 0.2) is 0 Å². The Morgan fingerprint density at radius 3 is 1.75 bits per heavy atom. The smallest absolute Gasteiger partial charge is 0.302 e. The molecule has 0 N–H and O–H groups in total. The van der Waals surface area contributed by atoms with Crippen LogP contribution in [0.5, 0.6) is 0 Å². The van der Waals surface area contributed by atoms with E-state index in [9.17, 15) is 4.79 Å². The van der Waals surface area contributed by atoms with Crippen molar-refractivity contribution in [3.8, 4) is 0 Å². The summed E-state index contributed by atoms with van der Waals surface area (Å²) in [5.41, 5.74) is 0. The minimum absolute atomic E-state index is 0.281. The molecule has 5 nitrogen and oxygen atoms in total. The molecule has 0 aliphatic rings. The summed E-state index contributed by atoms with van der Waals surface area (Å²) in [4.78, 5) is 10.5. The second kappa shape index (κ2) is 16.4. The molecule has 0 aliphatic heterocycles. The molecule has 0 unspecified atom stereocenters. The first-order valence-electron chi connectivity index (χ1n) is 7.64. The Morgan fingerprint density at radius 1 is 0.700 bits per heavy atom. The Bertz CT molecular complexity index is 208.